The predicted octanol–water partition coefficient (Wildman–Crippen LogP) is 4.36. The van der Waals surface area contributed by atoms with E-state index in [0.29, 0.717) is 48.8 Å². The molecular formula is C16H18N8O. The van der Waals surface area contributed by atoms with Crippen LogP contribution in [0.2, 0.25) is 0 Å². The van der Waals surface area contributed by atoms with Crippen LogP contribution in [0.15, 0.2) is 46.6 Å². The molecule has 0 aliphatic carbocycles. The standard InChI is InChI=1S/C16H18N8O/c17-9-7-11-3-1-5-13(15(11)21-23-19)25-14-6-2-4-12(8-10-18)16(14)22-24-20/h1-6H,7-10,17-18H2. The minimum absolute atomic E-state index is 0.364. The van der Waals surface area contributed by atoms with E-state index in [9.17, 15) is 0 Å². The Labute approximate surface area is 144 Å². The topological polar surface area (TPSA) is 159 Å². The van der Waals surface area contributed by atoms with Gasteiger partial charge in [0.1, 0.15) is 11.5 Å². The molecule has 0 unspecified atom stereocenters. The van der Waals surface area contributed by atoms with Gasteiger partial charge >= 0.3 is 0 Å². The fourth-order valence-electron chi connectivity index (χ4n) is 2.45. The fraction of sp³-hybridized carbons (Fsp3) is 0.250. The summed E-state index contributed by atoms with van der Waals surface area (Å²) in [6.07, 6.45) is 1.09. The van der Waals surface area contributed by atoms with Crippen molar-refractivity contribution in [3.63, 3.8) is 0 Å². The number of hydrogen-bond donors (Lipinski definition) is 2. The maximum absolute atomic E-state index is 8.85. The zero-order valence-electron chi connectivity index (χ0n) is 13.5. The van der Waals surface area contributed by atoms with E-state index in [1.54, 1.807) is 24.3 Å². The lowest BCUT2D eigenvalue weighted by atomic mass is 10.1. The second kappa shape index (κ2) is 9.17. The van der Waals surface area contributed by atoms with Crippen LogP contribution < -0.4 is 16.2 Å². The van der Waals surface area contributed by atoms with Crippen LogP contribution in [-0.4, -0.2) is 13.1 Å². The zero-order chi connectivity index (χ0) is 18.1. The molecule has 0 bridgehead atoms. The van der Waals surface area contributed by atoms with Gasteiger partial charge in [-0.1, -0.05) is 34.5 Å². The van der Waals surface area contributed by atoms with Crippen molar-refractivity contribution in [3.05, 3.63) is 68.4 Å². The van der Waals surface area contributed by atoms with Crippen molar-refractivity contribution in [2.24, 2.45) is 21.7 Å². The van der Waals surface area contributed by atoms with Crippen molar-refractivity contribution in [1.29, 1.82) is 0 Å². The maximum atomic E-state index is 8.85. The third kappa shape index (κ3) is 4.41. The Balaban J connectivity index is 2.53. The highest BCUT2D eigenvalue weighted by Crippen LogP contribution is 2.40. The van der Waals surface area contributed by atoms with Crippen molar-refractivity contribution in [1.82, 2.24) is 0 Å². The summed E-state index contributed by atoms with van der Waals surface area (Å²) in [5.41, 5.74) is 31.2. The highest BCUT2D eigenvalue weighted by Gasteiger charge is 2.13. The molecule has 128 valence electrons. The summed E-state index contributed by atoms with van der Waals surface area (Å²) in [7, 11) is 0. The van der Waals surface area contributed by atoms with Gasteiger partial charge in [0.05, 0.1) is 11.4 Å². The van der Waals surface area contributed by atoms with Gasteiger partial charge in [0.2, 0.25) is 0 Å². The number of nitrogens with two attached hydrogens (primary N) is 2. The number of hydrogen-bond acceptors (Lipinski definition) is 5. The second-order valence-corrected chi connectivity index (χ2v) is 5.09. The van der Waals surface area contributed by atoms with E-state index in [2.05, 4.69) is 20.1 Å². The lowest BCUT2D eigenvalue weighted by Gasteiger charge is -2.15. The molecule has 2 aromatic rings. The molecule has 0 spiro atoms. The monoisotopic (exact) mass is 338 g/mol. The maximum Gasteiger partial charge on any atom is 0.137 e. The number of rotatable bonds is 8. The van der Waals surface area contributed by atoms with E-state index < -0.39 is 0 Å². The molecule has 0 atom stereocenters. The van der Waals surface area contributed by atoms with Crippen molar-refractivity contribution in [3.8, 4) is 11.5 Å². The third-order valence-electron chi connectivity index (χ3n) is 3.50. The summed E-state index contributed by atoms with van der Waals surface area (Å²) >= 11 is 0. The molecule has 0 saturated carbocycles. The van der Waals surface area contributed by atoms with Gasteiger partial charge in [-0.2, -0.15) is 0 Å². The van der Waals surface area contributed by atoms with Gasteiger partial charge in [0.25, 0.3) is 0 Å². The molecular weight excluding hydrogens is 320 g/mol. The summed E-state index contributed by atoms with van der Waals surface area (Å²) < 4.78 is 5.91. The quantitative estimate of drug-likeness (QED) is 0.416. The minimum Gasteiger partial charge on any atom is -0.456 e. The van der Waals surface area contributed by atoms with Gasteiger partial charge in [-0.3, -0.25) is 0 Å². The molecule has 2 aromatic carbocycles. The van der Waals surface area contributed by atoms with Gasteiger partial charge in [0, 0.05) is 9.82 Å². The van der Waals surface area contributed by atoms with Crippen LogP contribution in [0.4, 0.5) is 11.4 Å². The van der Waals surface area contributed by atoms with Crippen molar-refractivity contribution in [2.45, 2.75) is 12.8 Å². The van der Waals surface area contributed by atoms with Gasteiger partial charge in [-0.05, 0) is 60.3 Å². The molecule has 0 fully saturated rings. The van der Waals surface area contributed by atoms with Crippen LogP contribution in [0.5, 0.6) is 11.5 Å². The number of benzene rings is 2. The Morgan fingerprint density at radius 1 is 0.800 bits per heavy atom. The smallest absolute Gasteiger partial charge is 0.137 e. The molecule has 0 amide bonds. The van der Waals surface area contributed by atoms with E-state index in [1.807, 2.05) is 12.1 Å². The SMILES string of the molecule is [N-]=[N+]=Nc1c(CCN)cccc1Oc1cccc(CCN)c1N=[N+]=[N-]. The van der Waals surface area contributed by atoms with Gasteiger partial charge in [-0.15, -0.1) is 0 Å². The average Bonchev–Trinajstić information content (AvgIpc) is 2.61. The predicted molar refractivity (Wildman–Crippen MR) is 96.1 cm³/mol. The summed E-state index contributed by atoms with van der Waals surface area (Å²) in [5.74, 6) is 0.728. The van der Waals surface area contributed by atoms with E-state index in [-0.39, 0.29) is 0 Å². The summed E-state index contributed by atoms with van der Waals surface area (Å²) in [6.45, 7) is 0.820. The minimum atomic E-state index is 0.364. The first-order valence-electron chi connectivity index (χ1n) is 7.67. The third-order valence-corrected chi connectivity index (χ3v) is 3.50. The van der Waals surface area contributed by atoms with Crippen molar-refractivity contribution >= 4 is 11.4 Å². The number of ether oxygens (including phenoxy) is 1. The van der Waals surface area contributed by atoms with E-state index in [4.69, 9.17) is 27.3 Å². The van der Waals surface area contributed by atoms with Crippen LogP contribution in [0.3, 0.4) is 0 Å². The Morgan fingerprint density at radius 2 is 1.24 bits per heavy atom. The molecule has 0 aromatic heterocycles. The number of azide groups is 2. The largest absolute Gasteiger partial charge is 0.456 e. The number of nitrogens with zero attached hydrogens (tertiary/aromatic N) is 6. The molecule has 0 aliphatic rings. The van der Waals surface area contributed by atoms with Crippen LogP contribution in [0.1, 0.15) is 11.1 Å². The highest BCUT2D eigenvalue weighted by molar-refractivity contribution is 5.63. The first-order chi connectivity index (χ1) is 12.2. The van der Waals surface area contributed by atoms with Crippen LogP contribution in [-0.2, 0) is 12.8 Å². The molecule has 0 radical (unpaired) electrons. The first kappa shape index (κ1) is 18.1. The fourth-order valence-corrected chi connectivity index (χ4v) is 2.45. The van der Waals surface area contributed by atoms with Crippen LogP contribution in [0.25, 0.3) is 20.9 Å². The molecule has 9 heteroatoms. The lowest BCUT2D eigenvalue weighted by molar-refractivity contribution is 0.484. The Hall–Kier alpha value is -3.22. The van der Waals surface area contributed by atoms with E-state index in [1.165, 1.54) is 0 Å². The summed E-state index contributed by atoms with van der Waals surface area (Å²) in [4.78, 5) is 5.73. The van der Waals surface area contributed by atoms with Crippen LogP contribution >= 0.6 is 0 Å². The normalized spacial score (nSPS) is 9.84. The summed E-state index contributed by atoms with van der Waals surface area (Å²) in [5, 5.41) is 7.46. The first-order valence-corrected chi connectivity index (χ1v) is 7.67. The Bertz CT molecular complexity index is 769. The van der Waals surface area contributed by atoms with E-state index >= 15 is 0 Å². The molecule has 2 rings (SSSR count). The molecule has 0 saturated heterocycles. The lowest BCUT2D eigenvalue weighted by Crippen LogP contribution is -2.04. The van der Waals surface area contributed by atoms with Crippen molar-refractivity contribution in [2.75, 3.05) is 13.1 Å². The van der Waals surface area contributed by atoms with Gasteiger partial charge in [0.15, 0.2) is 0 Å². The van der Waals surface area contributed by atoms with Crippen LogP contribution in [0, 0.1) is 0 Å². The molecule has 0 heterocycles. The Morgan fingerprint density at radius 3 is 1.60 bits per heavy atom. The average molecular weight is 338 g/mol. The van der Waals surface area contributed by atoms with Crippen molar-refractivity contribution < 1.29 is 4.74 Å². The second-order valence-electron chi connectivity index (χ2n) is 5.09. The van der Waals surface area contributed by atoms with Gasteiger partial charge in [-0.25, -0.2) is 0 Å². The molecule has 4 N–H and O–H groups in total. The molecule has 0 aliphatic heterocycles. The zero-order valence-corrected chi connectivity index (χ0v) is 13.5. The highest BCUT2D eigenvalue weighted by atomic mass is 16.5. The summed E-state index contributed by atoms with van der Waals surface area (Å²) in [6, 6.07) is 10.6. The van der Waals surface area contributed by atoms with E-state index in [0.717, 1.165) is 11.1 Å². The molecule has 25 heavy (non-hydrogen) atoms. The molecule has 9 nitrogen and oxygen atoms in total. The van der Waals surface area contributed by atoms with Gasteiger partial charge < -0.3 is 16.2 Å². The Kier molecular flexibility index (Phi) is 6.65.